The number of carbonyl (C=O) groups is 1. The summed E-state index contributed by atoms with van der Waals surface area (Å²) in [5, 5.41) is 4.38. The largest absolute Gasteiger partial charge is 0.495 e. The highest BCUT2D eigenvalue weighted by Crippen LogP contribution is 2.42. The van der Waals surface area contributed by atoms with Crippen molar-refractivity contribution in [2.75, 3.05) is 25.5 Å². The molecule has 2 aliphatic heterocycles. The Morgan fingerprint density at radius 2 is 2.15 bits per heavy atom. The van der Waals surface area contributed by atoms with E-state index in [-0.39, 0.29) is 11.8 Å². The highest BCUT2D eigenvalue weighted by Gasteiger charge is 2.48. The number of aliphatic imine (C=N–C) groups is 1. The van der Waals surface area contributed by atoms with Gasteiger partial charge in [0, 0.05) is 17.0 Å². The van der Waals surface area contributed by atoms with Crippen LogP contribution in [0.1, 0.15) is 28.0 Å². The van der Waals surface area contributed by atoms with Gasteiger partial charge in [-0.05, 0) is 48.1 Å². The van der Waals surface area contributed by atoms with E-state index in [1.54, 1.807) is 18.4 Å². The minimum Gasteiger partial charge on any atom is -0.495 e. The molecule has 1 fully saturated rings. The number of aromatic nitrogens is 2. The monoisotopic (exact) mass is 469 g/mol. The number of ether oxygens (including phenoxy) is 1. The van der Waals surface area contributed by atoms with E-state index in [0.717, 1.165) is 37.5 Å². The maximum absolute atomic E-state index is 13.2. The molecule has 0 saturated carbocycles. The maximum Gasteiger partial charge on any atom is 0.282 e. The fourth-order valence-corrected chi connectivity index (χ4v) is 6.14. The summed E-state index contributed by atoms with van der Waals surface area (Å²) in [6.07, 6.45) is 5.25. The molecule has 1 saturated heterocycles. The van der Waals surface area contributed by atoms with Crippen LogP contribution in [-0.2, 0) is 24.2 Å². The minimum absolute atomic E-state index is 0.169. The second-order valence-electron chi connectivity index (χ2n) is 8.74. The Kier molecular flexibility index (Phi) is 4.62. The molecular formula is C23H21F2N5O2S. The fraction of sp³-hybridized carbons (Fsp3) is 0.391. The number of aryl methyl sites for hydroxylation is 1. The van der Waals surface area contributed by atoms with Crippen molar-refractivity contribution in [3.63, 3.8) is 0 Å². The van der Waals surface area contributed by atoms with E-state index in [2.05, 4.69) is 20.3 Å². The summed E-state index contributed by atoms with van der Waals surface area (Å²) in [5.41, 5.74) is 4.10. The summed E-state index contributed by atoms with van der Waals surface area (Å²) >= 11 is 1.55. The first-order valence-corrected chi connectivity index (χ1v) is 11.6. The maximum atomic E-state index is 13.2. The van der Waals surface area contributed by atoms with Crippen LogP contribution in [0.3, 0.4) is 0 Å². The van der Waals surface area contributed by atoms with Crippen LogP contribution in [0.4, 0.5) is 20.3 Å². The molecule has 1 amide bonds. The van der Waals surface area contributed by atoms with Gasteiger partial charge in [0.15, 0.2) is 0 Å². The predicted molar refractivity (Wildman–Crippen MR) is 122 cm³/mol. The summed E-state index contributed by atoms with van der Waals surface area (Å²) < 4.78 is 32.0. The zero-order chi connectivity index (χ0) is 22.7. The Labute approximate surface area is 192 Å². The summed E-state index contributed by atoms with van der Waals surface area (Å²) in [6.45, 7) is -0.278. The van der Waals surface area contributed by atoms with Crippen LogP contribution in [0.5, 0.6) is 5.75 Å². The number of nitrogens with one attached hydrogen (secondary N) is 1. The van der Waals surface area contributed by atoms with Crippen LogP contribution in [0, 0.1) is 5.92 Å². The lowest BCUT2D eigenvalue weighted by Crippen LogP contribution is -2.60. The molecule has 1 atom stereocenters. The molecule has 1 aromatic carbocycles. The van der Waals surface area contributed by atoms with E-state index < -0.39 is 19.0 Å². The molecule has 3 aromatic rings. The van der Waals surface area contributed by atoms with Gasteiger partial charge in [0.25, 0.3) is 5.92 Å². The van der Waals surface area contributed by atoms with E-state index >= 15 is 0 Å². The third-order valence-corrected chi connectivity index (χ3v) is 7.72. The Morgan fingerprint density at radius 1 is 1.30 bits per heavy atom. The number of likely N-dealkylation sites (tertiary alicyclic amines) is 1. The average Bonchev–Trinajstić information content (AvgIpc) is 3.39. The van der Waals surface area contributed by atoms with Gasteiger partial charge in [-0.25, -0.2) is 18.7 Å². The molecule has 4 heterocycles. The molecule has 1 N–H and O–H groups in total. The fourth-order valence-electron chi connectivity index (χ4n) is 4.87. The van der Waals surface area contributed by atoms with Gasteiger partial charge in [-0.15, -0.1) is 11.3 Å². The number of fused-ring (bicyclic) bond motifs is 4. The Morgan fingerprint density at radius 3 is 2.94 bits per heavy atom. The molecule has 10 heteroatoms. The van der Waals surface area contributed by atoms with Gasteiger partial charge in [0.05, 0.1) is 37.8 Å². The molecule has 33 heavy (non-hydrogen) atoms. The molecule has 0 bridgehead atoms. The molecule has 6 rings (SSSR count). The van der Waals surface area contributed by atoms with Gasteiger partial charge < -0.3 is 15.0 Å². The van der Waals surface area contributed by atoms with Gasteiger partial charge in [-0.2, -0.15) is 0 Å². The molecule has 7 nitrogen and oxygen atoms in total. The van der Waals surface area contributed by atoms with Crippen LogP contribution in [0.15, 0.2) is 23.5 Å². The van der Waals surface area contributed by atoms with Crippen molar-refractivity contribution in [1.29, 1.82) is 0 Å². The number of hydrogen-bond donors (Lipinski definition) is 1. The number of thiophene rings is 1. The average molecular weight is 470 g/mol. The normalized spacial score (nSPS) is 20.3. The van der Waals surface area contributed by atoms with E-state index in [1.807, 2.05) is 18.3 Å². The van der Waals surface area contributed by atoms with Crippen molar-refractivity contribution in [1.82, 2.24) is 14.9 Å². The van der Waals surface area contributed by atoms with Gasteiger partial charge in [0.2, 0.25) is 5.91 Å². The molecule has 170 valence electrons. The molecule has 3 aliphatic rings. The van der Waals surface area contributed by atoms with Gasteiger partial charge in [-0.3, -0.25) is 9.79 Å². The minimum atomic E-state index is -2.74. The summed E-state index contributed by atoms with van der Waals surface area (Å²) in [4.78, 5) is 29.2. The van der Waals surface area contributed by atoms with Crippen molar-refractivity contribution in [2.24, 2.45) is 10.9 Å². The van der Waals surface area contributed by atoms with Crippen molar-refractivity contribution in [2.45, 2.75) is 31.7 Å². The number of nitrogens with zero attached hydrogens (tertiary/aromatic N) is 4. The zero-order valence-corrected chi connectivity index (χ0v) is 18.7. The number of methoxy groups -OCH3 is 1. The van der Waals surface area contributed by atoms with Gasteiger partial charge in [0.1, 0.15) is 22.7 Å². The number of hydrogen-bond acceptors (Lipinski definition) is 7. The first-order valence-electron chi connectivity index (χ1n) is 10.8. The molecule has 0 unspecified atom stereocenters. The molecule has 0 radical (unpaired) electrons. The van der Waals surface area contributed by atoms with E-state index in [1.165, 1.54) is 11.2 Å². The SMILES string of the molecule is COc1cc2c(cc1Nc1ncnc3sc4c(c13)CC[C@H](C(=O)N1CC(F)(F)C1)C4)C=NC2. The number of alkyl halides is 2. The van der Waals surface area contributed by atoms with E-state index in [0.29, 0.717) is 37.4 Å². The molecule has 0 spiro atoms. The standard InChI is InChI=1S/C23H21F2N5O2S/c1-32-17-5-14-8-26-7-13(14)4-16(17)29-20-19-15-3-2-12(22(31)30-9-23(24,25)10-30)6-18(15)33-21(19)28-11-27-20/h4-5,7,11-12H,2-3,6,8-10H2,1H3,(H,27,28,29)/t12-/m0/s1. The van der Waals surface area contributed by atoms with Gasteiger partial charge in [-0.1, -0.05) is 0 Å². The summed E-state index contributed by atoms with van der Waals surface area (Å²) in [5.74, 6) is -1.77. The molecular weight excluding hydrogens is 448 g/mol. The van der Waals surface area contributed by atoms with Crippen molar-refractivity contribution in [3.8, 4) is 5.75 Å². The van der Waals surface area contributed by atoms with Crippen molar-refractivity contribution >= 4 is 45.2 Å². The second kappa shape index (κ2) is 7.44. The van der Waals surface area contributed by atoms with Crippen LogP contribution < -0.4 is 10.1 Å². The number of halogens is 2. The van der Waals surface area contributed by atoms with Crippen LogP contribution >= 0.6 is 11.3 Å². The number of carbonyl (C=O) groups excluding carboxylic acids is 1. The lowest BCUT2D eigenvalue weighted by atomic mass is 9.86. The van der Waals surface area contributed by atoms with Crippen LogP contribution in [0.2, 0.25) is 0 Å². The zero-order valence-electron chi connectivity index (χ0n) is 17.9. The molecule has 2 aromatic heterocycles. The first-order chi connectivity index (χ1) is 15.9. The predicted octanol–water partition coefficient (Wildman–Crippen LogP) is 3.96. The molecule has 1 aliphatic carbocycles. The number of benzene rings is 1. The van der Waals surface area contributed by atoms with Crippen LogP contribution in [0.25, 0.3) is 10.2 Å². The lowest BCUT2D eigenvalue weighted by molar-refractivity contribution is -0.169. The second-order valence-corrected chi connectivity index (χ2v) is 9.83. The lowest BCUT2D eigenvalue weighted by Gasteiger charge is -2.41. The summed E-state index contributed by atoms with van der Waals surface area (Å²) in [6, 6.07) is 4.00. The van der Waals surface area contributed by atoms with Crippen molar-refractivity contribution in [3.05, 3.63) is 40.0 Å². The Hall–Kier alpha value is -3.14. The topological polar surface area (TPSA) is 79.7 Å². The van der Waals surface area contributed by atoms with Gasteiger partial charge >= 0.3 is 0 Å². The number of amides is 1. The van der Waals surface area contributed by atoms with Crippen LogP contribution in [-0.4, -0.2) is 53.1 Å². The quantitative estimate of drug-likeness (QED) is 0.626. The first kappa shape index (κ1) is 20.5. The highest BCUT2D eigenvalue weighted by molar-refractivity contribution is 7.19. The number of rotatable bonds is 4. The third kappa shape index (κ3) is 3.43. The Bertz CT molecular complexity index is 1310. The number of anilines is 2. The van der Waals surface area contributed by atoms with E-state index in [4.69, 9.17) is 4.74 Å². The van der Waals surface area contributed by atoms with Crippen molar-refractivity contribution < 1.29 is 18.3 Å². The van der Waals surface area contributed by atoms with E-state index in [9.17, 15) is 13.6 Å². The summed E-state index contributed by atoms with van der Waals surface area (Å²) in [7, 11) is 1.63. The Balaban J connectivity index is 1.30. The smallest absolute Gasteiger partial charge is 0.282 e. The third-order valence-electron chi connectivity index (χ3n) is 6.56. The highest BCUT2D eigenvalue weighted by atomic mass is 32.1.